The second-order valence-corrected chi connectivity index (χ2v) is 4.63. The van der Waals surface area contributed by atoms with Crippen molar-refractivity contribution in [1.29, 1.82) is 0 Å². The molecule has 94 valence electrons. The van der Waals surface area contributed by atoms with Gasteiger partial charge in [-0.15, -0.1) is 0 Å². The number of nitrogens with two attached hydrogens (primary N) is 1. The molecule has 4 N–H and O–H groups in total. The van der Waals surface area contributed by atoms with Crippen molar-refractivity contribution in [2.45, 2.75) is 39.7 Å². The van der Waals surface area contributed by atoms with Crippen molar-refractivity contribution in [3.63, 3.8) is 0 Å². The Bertz CT molecular complexity index is 248. The van der Waals surface area contributed by atoms with Gasteiger partial charge >= 0.3 is 6.09 Å². The Morgan fingerprint density at radius 1 is 1.38 bits per heavy atom. The molecule has 0 rings (SSSR count). The van der Waals surface area contributed by atoms with Gasteiger partial charge in [0.05, 0.1) is 0 Å². The van der Waals surface area contributed by atoms with Gasteiger partial charge < -0.3 is 10.1 Å². The highest BCUT2D eigenvalue weighted by molar-refractivity contribution is 5.77. The molecule has 0 radical (unpaired) electrons. The molecule has 1 atom stereocenters. The van der Waals surface area contributed by atoms with Crippen molar-refractivity contribution in [2.75, 3.05) is 6.54 Å². The number of amides is 2. The van der Waals surface area contributed by atoms with E-state index in [2.05, 4.69) is 10.7 Å². The second kappa shape index (κ2) is 6.32. The van der Waals surface area contributed by atoms with E-state index < -0.39 is 11.7 Å². The lowest BCUT2D eigenvalue weighted by molar-refractivity contribution is -0.124. The summed E-state index contributed by atoms with van der Waals surface area (Å²) in [6.45, 7) is 7.48. The van der Waals surface area contributed by atoms with E-state index in [1.807, 2.05) is 0 Å². The van der Waals surface area contributed by atoms with Gasteiger partial charge in [0.15, 0.2) is 0 Å². The number of carbonyl (C=O) groups is 2. The van der Waals surface area contributed by atoms with E-state index in [4.69, 9.17) is 10.6 Å². The molecule has 2 amide bonds. The Morgan fingerprint density at radius 3 is 2.38 bits per heavy atom. The minimum absolute atomic E-state index is 0.236. The van der Waals surface area contributed by atoms with Crippen molar-refractivity contribution >= 4 is 12.0 Å². The topological polar surface area (TPSA) is 93.4 Å². The molecule has 0 heterocycles. The molecule has 0 aromatic rings. The van der Waals surface area contributed by atoms with Crippen LogP contribution in [0.15, 0.2) is 0 Å². The maximum atomic E-state index is 11.2. The summed E-state index contributed by atoms with van der Waals surface area (Å²) in [4.78, 5) is 22.3. The molecular formula is C10H21N3O3. The minimum atomic E-state index is -0.510. The van der Waals surface area contributed by atoms with Gasteiger partial charge in [-0.05, 0) is 27.2 Å². The van der Waals surface area contributed by atoms with Gasteiger partial charge in [0.1, 0.15) is 5.60 Å². The SMILES string of the molecule is CC(CCNC(=O)OC(C)(C)C)C(=O)NN. The molecule has 0 saturated heterocycles. The molecule has 0 spiro atoms. The van der Waals surface area contributed by atoms with E-state index in [-0.39, 0.29) is 11.8 Å². The largest absolute Gasteiger partial charge is 0.444 e. The molecular weight excluding hydrogens is 210 g/mol. The van der Waals surface area contributed by atoms with E-state index in [1.54, 1.807) is 27.7 Å². The van der Waals surface area contributed by atoms with E-state index in [9.17, 15) is 9.59 Å². The summed E-state index contributed by atoms with van der Waals surface area (Å²) in [6.07, 6.45) is 0.0373. The van der Waals surface area contributed by atoms with Crippen LogP contribution < -0.4 is 16.6 Å². The third-order valence-corrected chi connectivity index (χ3v) is 1.84. The van der Waals surface area contributed by atoms with E-state index in [0.717, 1.165) is 0 Å². The standard InChI is InChI=1S/C10H21N3O3/c1-7(8(14)13-11)5-6-12-9(15)16-10(2,3)4/h7H,5-6,11H2,1-4H3,(H,12,15)(H,13,14). The summed E-state index contributed by atoms with van der Waals surface area (Å²) in [6, 6.07) is 0. The zero-order valence-corrected chi connectivity index (χ0v) is 10.3. The zero-order chi connectivity index (χ0) is 12.8. The van der Waals surface area contributed by atoms with Gasteiger partial charge in [-0.3, -0.25) is 10.2 Å². The molecule has 0 aromatic heterocycles. The molecule has 16 heavy (non-hydrogen) atoms. The van der Waals surface area contributed by atoms with E-state index in [1.165, 1.54) is 0 Å². The predicted octanol–water partition coefficient (Wildman–Crippen LogP) is 0.527. The summed E-state index contributed by atoms with van der Waals surface area (Å²) in [5.41, 5.74) is 1.55. The Labute approximate surface area is 95.9 Å². The van der Waals surface area contributed by atoms with Gasteiger partial charge in [-0.2, -0.15) is 0 Å². The van der Waals surface area contributed by atoms with Crippen LogP contribution in [0.3, 0.4) is 0 Å². The van der Waals surface area contributed by atoms with Crippen LogP contribution in [0, 0.1) is 5.92 Å². The fourth-order valence-corrected chi connectivity index (χ4v) is 0.978. The van der Waals surface area contributed by atoms with Crippen molar-refractivity contribution < 1.29 is 14.3 Å². The average Bonchev–Trinajstić information content (AvgIpc) is 2.13. The van der Waals surface area contributed by atoms with Crippen LogP contribution in [0.2, 0.25) is 0 Å². The van der Waals surface area contributed by atoms with Gasteiger partial charge in [0.2, 0.25) is 5.91 Å². The lowest BCUT2D eigenvalue weighted by Gasteiger charge is -2.20. The fourth-order valence-electron chi connectivity index (χ4n) is 0.978. The monoisotopic (exact) mass is 231 g/mol. The molecule has 0 aliphatic heterocycles. The summed E-state index contributed by atoms with van der Waals surface area (Å²) >= 11 is 0. The molecule has 0 fully saturated rings. The van der Waals surface area contributed by atoms with Gasteiger partial charge in [-0.1, -0.05) is 6.92 Å². The summed E-state index contributed by atoms with van der Waals surface area (Å²) in [7, 11) is 0. The quantitative estimate of drug-likeness (QED) is 0.374. The van der Waals surface area contributed by atoms with E-state index >= 15 is 0 Å². The lowest BCUT2D eigenvalue weighted by Crippen LogP contribution is -2.37. The van der Waals surface area contributed by atoms with Crippen LogP contribution in [-0.2, 0) is 9.53 Å². The normalized spacial score (nSPS) is 12.8. The van der Waals surface area contributed by atoms with Crippen LogP contribution in [0.5, 0.6) is 0 Å². The number of hydrazine groups is 1. The molecule has 0 bridgehead atoms. The fraction of sp³-hybridized carbons (Fsp3) is 0.800. The Balaban J connectivity index is 3.74. The van der Waals surface area contributed by atoms with Crippen LogP contribution in [0.25, 0.3) is 0 Å². The Morgan fingerprint density at radius 2 is 1.94 bits per heavy atom. The van der Waals surface area contributed by atoms with Crippen molar-refractivity contribution in [3.05, 3.63) is 0 Å². The average molecular weight is 231 g/mol. The summed E-state index contributed by atoms with van der Waals surface area (Å²) < 4.78 is 5.03. The van der Waals surface area contributed by atoms with Gasteiger partial charge in [-0.25, -0.2) is 10.6 Å². The Kier molecular flexibility index (Phi) is 5.81. The molecule has 0 aliphatic rings. The highest BCUT2D eigenvalue weighted by Crippen LogP contribution is 2.06. The third-order valence-electron chi connectivity index (χ3n) is 1.84. The molecule has 6 nitrogen and oxygen atoms in total. The van der Waals surface area contributed by atoms with Crippen molar-refractivity contribution in [3.8, 4) is 0 Å². The van der Waals surface area contributed by atoms with Gasteiger partial charge in [0.25, 0.3) is 0 Å². The maximum absolute atomic E-state index is 11.2. The number of hydrogen-bond acceptors (Lipinski definition) is 4. The molecule has 0 aromatic carbocycles. The first-order valence-corrected chi connectivity index (χ1v) is 5.23. The number of rotatable bonds is 4. The molecule has 0 saturated carbocycles. The molecule has 0 aliphatic carbocycles. The second-order valence-electron chi connectivity index (χ2n) is 4.63. The first kappa shape index (κ1) is 14.7. The third kappa shape index (κ3) is 7.05. The van der Waals surface area contributed by atoms with E-state index in [0.29, 0.717) is 13.0 Å². The van der Waals surface area contributed by atoms with Crippen LogP contribution in [0.1, 0.15) is 34.1 Å². The Hall–Kier alpha value is -1.30. The number of alkyl carbamates (subject to hydrolysis) is 1. The minimum Gasteiger partial charge on any atom is -0.444 e. The van der Waals surface area contributed by atoms with Crippen LogP contribution in [-0.4, -0.2) is 24.1 Å². The van der Waals surface area contributed by atoms with Gasteiger partial charge in [0, 0.05) is 12.5 Å². The highest BCUT2D eigenvalue weighted by atomic mass is 16.6. The molecule has 1 unspecified atom stereocenters. The van der Waals surface area contributed by atoms with Crippen molar-refractivity contribution in [2.24, 2.45) is 11.8 Å². The first-order chi connectivity index (χ1) is 7.26. The summed E-state index contributed by atoms with van der Waals surface area (Å²) in [5, 5.41) is 2.57. The van der Waals surface area contributed by atoms with Crippen LogP contribution in [0.4, 0.5) is 4.79 Å². The molecule has 6 heteroatoms. The number of hydrogen-bond donors (Lipinski definition) is 3. The zero-order valence-electron chi connectivity index (χ0n) is 10.3. The number of carbonyl (C=O) groups excluding carboxylic acids is 2. The number of nitrogens with one attached hydrogen (secondary N) is 2. The van der Waals surface area contributed by atoms with Crippen LogP contribution >= 0.6 is 0 Å². The highest BCUT2D eigenvalue weighted by Gasteiger charge is 2.16. The number of ether oxygens (including phenoxy) is 1. The predicted molar refractivity (Wildman–Crippen MR) is 60.3 cm³/mol. The van der Waals surface area contributed by atoms with Crippen molar-refractivity contribution in [1.82, 2.24) is 10.7 Å². The smallest absolute Gasteiger partial charge is 0.407 e. The maximum Gasteiger partial charge on any atom is 0.407 e. The first-order valence-electron chi connectivity index (χ1n) is 5.23. The summed E-state index contributed by atoms with van der Waals surface area (Å²) in [5.74, 6) is 4.50. The lowest BCUT2D eigenvalue weighted by atomic mass is 10.1.